The van der Waals surface area contributed by atoms with Crippen LogP contribution in [0.15, 0.2) is 97.1 Å². The first-order valence-corrected chi connectivity index (χ1v) is 12.9. The molecule has 0 radical (unpaired) electrons. The minimum atomic E-state index is -0.476. The molecule has 1 aromatic heterocycles. The van der Waals surface area contributed by atoms with Crippen molar-refractivity contribution in [2.24, 2.45) is 0 Å². The molecule has 0 spiro atoms. The molecule has 3 heteroatoms. The van der Waals surface area contributed by atoms with Crippen LogP contribution in [-0.2, 0) is 6.54 Å². The molecule has 0 bridgehead atoms. The third-order valence-corrected chi connectivity index (χ3v) is 7.45. The van der Waals surface area contributed by atoms with Gasteiger partial charge in [0.25, 0.3) is 0 Å². The van der Waals surface area contributed by atoms with Gasteiger partial charge < -0.3 is 15.0 Å². The van der Waals surface area contributed by atoms with E-state index in [0.29, 0.717) is 19.1 Å². The zero-order valence-corrected chi connectivity index (χ0v) is 20.0. The number of nitrogens with zero attached hydrogens (tertiary/aromatic N) is 1. The topological polar surface area (TPSA) is 37.2 Å². The zero-order valence-electron chi connectivity index (χ0n) is 20.0. The summed E-state index contributed by atoms with van der Waals surface area (Å²) >= 11 is 0. The fraction of sp³-hybridized carbons (Fsp3) is 0.250. The van der Waals surface area contributed by atoms with Gasteiger partial charge >= 0.3 is 0 Å². The second-order valence-corrected chi connectivity index (χ2v) is 9.79. The molecule has 3 nitrogen and oxygen atoms in total. The molecule has 0 unspecified atom stereocenters. The maximum Gasteiger partial charge on any atom is 0.0843 e. The van der Waals surface area contributed by atoms with Crippen LogP contribution in [0.5, 0.6) is 0 Å². The molecule has 176 valence electrons. The lowest BCUT2D eigenvalue weighted by atomic mass is 9.97. The van der Waals surface area contributed by atoms with Crippen molar-refractivity contribution in [2.75, 3.05) is 6.54 Å². The number of rotatable bonds is 7. The van der Waals surface area contributed by atoms with Gasteiger partial charge in [0.05, 0.1) is 23.9 Å². The highest BCUT2D eigenvalue weighted by Crippen LogP contribution is 2.43. The summed E-state index contributed by atoms with van der Waals surface area (Å²) in [6, 6.07) is 34.9. The number of aromatic nitrogens is 1. The molecule has 0 amide bonds. The molecule has 1 saturated carbocycles. The zero-order chi connectivity index (χ0) is 23.6. The fourth-order valence-electron chi connectivity index (χ4n) is 5.81. The van der Waals surface area contributed by atoms with E-state index in [1.165, 1.54) is 69.7 Å². The number of hydrogen-bond acceptors (Lipinski definition) is 2. The number of nitrogens with one attached hydrogen (secondary N) is 1. The first-order chi connectivity index (χ1) is 17.3. The fourth-order valence-corrected chi connectivity index (χ4v) is 5.81. The van der Waals surface area contributed by atoms with Crippen molar-refractivity contribution in [3.8, 4) is 22.4 Å². The van der Waals surface area contributed by atoms with E-state index in [9.17, 15) is 5.11 Å². The second-order valence-electron chi connectivity index (χ2n) is 9.79. The number of benzene rings is 4. The third-order valence-electron chi connectivity index (χ3n) is 7.45. The first kappa shape index (κ1) is 22.1. The molecular formula is C32H32N2O. The highest BCUT2D eigenvalue weighted by molar-refractivity contribution is 6.15. The summed E-state index contributed by atoms with van der Waals surface area (Å²) in [5.74, 6) is 0. The molecule has 0 aliphatic heterocycles. The summed E-state index contributed by atoms with van der Waals surface area (Å²) in [6.07, 6.45) is 4.55. The van der Waals surface area contributed by atoms with E-state index in [4.69, 9.17) is 0 Å². The molecule has 1 aliphatic carbocycles. The molecule has 2 N–H and O–H groups in total. The Morgan fingerprint density at radius 1 is 0.743 bits per heavy atom. The first-order valence-electron chi connectivity index (χ1n) is 12.9. The number of hydrogen-bond donors (Lipinski definition) is 2. The van der Waals surface area contributed by atoms with Gasteiger partial charge in [-0.1, -0.05) is 110 Å². The van der Waals surface area contributed by atoms with Gasteiger partial charge in [-0.3, -0.25) is 0 Å². The van der Waals surface area contributed by atoms with Gasteiger partial charge in [0, 0.05) is 28.9 Å². The van der Waals surface area contributed by atoms with Crippen molar-refractivity contribution in [1.29, 1.82) is 0 Å². The van der Waals surface area contributed by atoms with E-state index in [-0.39, 0.29) is 0 Å². The summed E-state index contributed by atoms with van der Waals surface area (Å²) in [6.45, 7) is 1.16. The second kappa shape index (κ2) is 9.69. The Hall–Kier alpha value is -3.40. The molecule has 1 fully saturated rings. The van der Waals surface area contributed by atoms with Crippen LogP contribution in [0.2, 0.25) is 0 Å². The third kappa shape index (κ3) is 4.27. The van der Waals surface area contributed by atoms with Crippen molar-refractivity contribution >= 4 is 21.7 Å². The predicted molar refractivity (Wildman–Crippen MR) is 147 cm³/mol. The molecule has 1 atom stereocenters. The smallest absolute Gasteiger partial charge is 0.0843 e. The van der Waals surface area contributed by atoms with Crippen molar-refractivity contribution in [2.45, 2.75) is 44.4 Å². The Bertz CT molecular complexity index is 1430. The summed E-state index contributed by atoms with van der Waals surface area (Å²) in [4.78, 5) is 0. The molecule has 5 aromatic rings. The Kier molecular flexibility index (Phi) is 6.12. The summed E-state index contributed by atoms with van der Waals surface area (Å²) in [5, 5.41) is 18.6. The van der Waals surface area contributed by atoms with Gasteiger partial charge in [0.2, 0.25) is 0 Å². The summed E-state index contributed by atoms with van der Waals surface area (Å²) in [5.41, 5.74) is 5.96. The average molecular weight is 461 g/mol. The predicted octanol–water partition coefficient (Wildman–Crippen LogP) is 7.02. The Balaban J connectivity index is 1.56. The number of fused-ring (bicyclic) bond motifs is 3. The lowest BCUT2D eigenvalue weighted by Crippen LogP contribution is -2.36. The molecule has 6 rings (SSSR count). The van der Waals surface area contributed by atoms with E-state index in [1.54, 1.807) is 0 Å². The largest absolute Gasteiger partial charge is 0.390 e. The van der Waals surface area contributed by atoms with Crippen LogP contribution in [0.1, 0.15) is 25.7 Å². The van der Waals surface area contributed by atoms with E-state index < -0.39 is 6.10 Å². The van der Waals surface area contributed by atoms with E-state index in [0.717, 1.165) is 0 Å². The van der Waals surface area contributed by atoms with Gasteiger partial charge in [-0.25, -0.2) is 0 Å². The Morgan fingerprint density at radius 2 is 1.40 bits per heavy atom. The van der Waals surface area contributed by atoms with Crippen LogP contribution in [0, 0.1) is 0 Å². The molecular weight excluding hydrogens is 428 g/mol. The highest BCUT2D eigenvalue weighted by Gasteiger charge is 2.23. The monoisotopic (exact) mass is 460 g/mol. The van der Waals surface area contributed by atoms with Gasteiger partial charge in [-0.15, -0.1) is 0 Å². The van der Waals surface area contributed by atoms with Crippen molar-refractivity contribution in [1.82, 2.24) is 9.88 Å². The van der Waals surface area contributed by atoms with Gasteiger partial charge in [-0.2, -0.15) is 0 Å². The Morgan fingerprint density at radius 3 is 2.14 bits per heavy atom. The van der Waals surface area contributed by atoms with Crippen LogP contribution in [0.25, 0.3) is 44.1 Å². The number of aliphatic hydroxyl groups excluding tert-OH is 1. The molecule has 1 heterocycles. The van der Waals surface area contributed by atoms with Crippen LogP contribution in [0.3, 0.4) is 0 Å². The molecule has 1 aliphatic rings. The van der Waals surface area contributed by atoms with E-state index >= 15 is 0 Å². The average Bonchev–Trinajstić information content (AvgIpc) is 3.55. The lowest BCUT2D eigenvalue weighted by Gasteiger charge is -2.20. The van der Waals surface area contributed by atoms with E-state index in [1.807, 2.05) is 0 Å². The van der Waals surface area contributed by atoms with Crippen molar-refractivity contribution < 1.29 is 5.11 Å². The summed E-state index contributed by atoms with van der Waals surface area (Å²) in [7, 11) is 0. The quantitative estimate of drug-likeness (QED) is 0.274. The van der Waals surface area contributed by atoms with Crippen molar-refractivity contribution in [3.63, 3.8) is 0 Å². The van der Waals surface area contributed by atoms with Crippen LogP contribution in [0.4, 0.5) is 0 Å². The van der Waals surface area contributed by atoms with Crippen LogP contribution < -0.4 is 5.32 Å². The molecule has 35 heavy (non-hydrogen) atoms. The normalized spacial score (nSPS) is 15.2. The SMILES string of the molecule is O[C@H](CNC1CCCC1)Cn1c(-c2ccccc2)c(-c2ccccc2)c2ccc3ccccc3c21. The van der Waals surface area contributed by atoms with Gasteiger partial charge in [0.15, 0.2) is 0 Å². The van der Waals surface area contributed by atoms with Crippen molar-refractivity contribution in [3.05, 3.63) is 97.1 Å². The lowest BCUT2D eigenvalue weighted by molar-refractivity contribution is 0.149. The Labute approximate surface area is 207 Å². The van der Waals surface area contributed by atoms with Crippen LogP contribution in [-0.4, -0.2) is 28.4 Å². The minimum absolute atomic E-state index is 0.476. The van der Waals surface area contributed by atoms with Gasteiger partial charge in [-0.05, 0) is 29.4 Å². The van der Waals surface area contributed by atoms with Gasteiger partial charge in [0.1, 0.15) is 0 Å². The maximum absolute atomic E-state index is 11.3. The molecule has 0 saturated heterocycles. The minimum Gasteiger partial charge on any atom is -0.390 e. The maximum atomic E-state index is 11.3. The molecule has 4 aromatic carbocycles. The highest BCUT2D eigenvalue weighted by atomic mass is 16.3. The standard InChI is InChI=1S/C32H32N2O/c35-27(21-33-26-16-8-9-17-26)22-34-31(25-14-5-2-6-15-25)30(24-12-3-1-4-13-24)29-20-19-23-11-7-10-18-28(23)32(29)34/h1-7,10-15,18-20,26-27,33,35H,8-9,16-17,21-22H2/t27-/m1/s1. The summed E-state index contributed by atoms with van der Waals surface area (Å²) < 4.78 is 2.37. The van der Waals surface area contributed by atoms with Crippen LogP contribution >= 0.6 is 0 Å². The van der Waals surface area contributed by atoms with E-state index in [2.05, 4.69) is 107 Å². The number of aliphatic hydroxyl groups is 1.